The Bertz CT molecular complexity index is 727. The summed E-state index contributed by atoms with van der Waals surface area (Å²) in [5.41, 5.74) is 3.42. The van der Waals surface area contributed by atoms with Gasteiger partial charge in [0.15, 0.2) is 0 Å². The topological polar surface area (TPSA) is 9.23 Å². The van der Waals surface area contributed by atoms with E-state index >= 15 is 0 Å². The van der Waals surface area contributed by atoms with Crippen LogP contribution in [-0.4, -0.2) is 7.11 Å². The van der Waals surface area contributed by atoms with Crippen LogP contribution in [0.15, 0.2) is 60.4 Å². The molecule has 3 rings (SSSR count). The molecule has 0 N–H and O–H groups in total. The standard InChI is InChI=1S/C19H16ClFO/c1-22-16-11-7-14(8-12-16)19-17(3-2-4-18(19)21)13-5-9-15(20)10-6-13/h3,5-12H,2,4H2,1H3. The summed E-state index contributed by atoms with van der Waals surface area (Å²) in [5, 5.41) is 0.676. The van der Waals surface area contributed by atoms with E-state index in [0.717, 1.165) is 22.4 Å². The van der Waals surface area contributed by atoms with Gasteiger partial charge in [-0.2, -0.15) is 0 Å². The van der Waals surface area contributed by atoms with Gasteiger partial charge in [-0.3, -0.25) is 0 Å². The van der Waals surface area contributed by atoms with E-state index in [2.05, 4.69) is 6.08 Å². The molecule has 112 valence electrons. The van der Waals surface area contributed by atoms with Gasteiger partial charge in [-0.15, -0.1) is 0 Å². The van der Waals surface area contributed by atoms with Crippen LogP contribution < -0.4 is 4.74 Å². The summed E-state index contributed by atoms with van der Waals surface area (Å²) in [6, 6.07) is 15.0. The number of benzene rings is 2. The maximum Gasteiger partial charge on any atom is 0.118 e. The van der Waals surface area contributed by atoms with Gasteiger partial charge in [0.05, 0.1) is 7.11 Å². The van der Waals surface area contributed by atoms with Crippen LogP contribution >= 0.6 is 11.6 Å². The molecule has 0 radical (unpaired) electrons. The predicted octanol–water partition coefficient (Wildman–Crippen LogP) is 5.91. The fraction of sp³-hybridized carbons (Fsp3) is 0.158. The van der Waals surface area contributed by atoms with Gasteiger partial charge in [-0.25, -0.2) is 4.39 Å². The van der Waals surface area contributed by atoms with Gasteiger partial charge in [-0.1, -0.05) is 41.9 Å². The highest BCUT2D eigenvalue weighted by molar-refractivity contribution is 6.30. The van der Waals surface area contributed by atoms with Crippen molar-refractivity contribution in [1.29, 1.82) is 0 Å². The van der Waals surface area contributed by atoms with E-state index in [1.807, 2.05) is 48.5 Å². The molecular formula is C19H16ClFO. The average Bonchev–Trinajstić information content (AvgIpc) is 2.55. The van der Waals surface area contributed by atoms with E-state index in [1.165, 1.54) is 0 Å². The summed E-state index contributed by atoms with van der Waals surface area (Å²) in [6.45, 7) is 0. The van der Waals surface area contributed by atoms with Crippen molar-refractivity contribution in [3.63, 3.8) is 0 Å². The molecule has 0 saturated heterocycles. The number of rotatable bonds is 3. The lowest BCUT2D eigenvalue weighted by atomic mass is 9.87. The van der Waals surface area contributed by atoms with Crippen molar-refractivity contribution in [3.8, 4) is 5.75 Å². The third kappa shape index (κ3) is 2.93. The molecule has 0 bridgehead atoms. The minimum atomic E-state index is -0.0717. The molecule has 1 nitrogen and oxygen atoms in total. The zero-order valence-electron chi connectivity index (χ0n) is 12.3. The van der Waals surface area contributed by atoms with E-state index < -0.39 is 0 Å². The summed E-state index contributed by atoms with van der Waals surface area (Å²) in [7, 11) is 1.62. The second-order valence-corrected chi connectivity index (χ2v) is 5.61. The van der Waals surface area contributed by atoms with E-state index in [1.54, 1.807) is 7.11 Å². The molecule has 0 aromatic heterocycles. The Hall–Kier alpha value is -2.06. The fourth-order valence-corrected chi connectivity index (χ4v) is 2.80. The number of ether oxygens (including phenoxy) is 1. The first kappa shape index (κ1) is 14.9. The Morgan fingerprint density at radius 3 is 2.23 bits per heavy atom. The maximum absolute atomic E-state index is 14.5. The molecule has 2 aromatic rings. The average molecular weight is 315 g/mol. The smallest absolute Gasteiger partial charge is 0.118 e. The summed E-state index contributed by atoms with van der Waals surface area (Å²) in [5.74, 6) is 0.690. The van der Waals surface area contributed by atoms with E-state index in [0.29, 0.717) is 23.4 Å². The Balaban J connectivity index is 2.05. The van der Waals surface area contributed by atoms with Gasteiger partial charge in [0.2, 0.25) is 0 Å². The summed E-state index contributed by atoms with van der Waals surface area (Å²) in [4.78, 5) is 0. The van der Waals surface area contributed by atoms with Crippen molar-refractivity contribution in [2.75, 3.05) is 7.11 Å². The third-order valence-corrected chi connectivity index (χ3v) is 4.04. The van der Waals surface area contributed by atoms with Gasteiger partial charge in [0.25, 0.3) is 0 Å². The summed E-state index contributed by atoms with van der Waals surface area (Å²) in [6.07, 6.45) is 3.24. The molecule has 0 amide bonds. The van der Waals surface area contributed by atoms with Crippen LogP contribution in [0.4, 0.5) is 4.39 Å². The molecule has 0 saturated carbocycles. The number of hydrogen-bond acceptors (Lipinski definition) is 1. The molecule has 0 atom stereocenters. The molecule has 0 spiro atoms. The van der Waals surface area contributed by atoms with E-state index in [9.17, 15) is 4.39 Å². The number of halogens is 2. The highest BCUT2D eigenvalue weighted by Crippen LogP contribution is 2.40. The normalized spacial score (nSPS) is 14.8. The van der Waals surface area contributed by atoms with Crippen LogP contribution in [0.25, 0.3) is 11.1 Å². The quantitative estimate of drug-likeness (QED) is 0.684. The first-order valence-corrected chi connectivity index (χ1v) is 7.56. The number of hydrogen-bond donors (Lipinski definition) is 0. The van der Waals surface area contributed by atoms with E-state index in [-0.39, 0.29) is 5.83 Å². The minimum absolute atomic E-state index is 0.0717. The van der Waals surface area contributed by atoms with Gasteiger partial charge in [-0.05, 0) is 47.4 Å². The summed E-state index contributed by atoms with van der Waals surface area (Å²) >= 11 is 5.95. The van der Waals surface area contributed by atoms with Crippen molar-refractivity contribution in [1.82, 2.24) is 0 Å². The molecule has 0 unspecified atom stereocenters. The molecule has 2 aromatic carbocycles. The monoisotopic (exact) mass is 314 g/mol. The van der Waals surface area contributed by atoms with Crippen LogP contribution in [0.2, 0.25) is 5.02 Å². The van der Waals surface area contributed by atoms with Crippen LogP contribution in [0.3, 0.4) is 0 Å². The Kier molecular flexibility index (Phi) is 4.30. The Labute approximate surface area is 134 Å². The first-order valence-electron chi connectivity index (χ1n) is 7.18. The first-order chi connectivity index (χ1) is 10.7. The molecule has 1 aliphatic rings. The van der Waals surface area contributed by atoms with Gasteiger partial charge < -0.3 is 4.74 Å². The highest BCUT2D eigenvalue weighted by Gasteiger charge is 2.19. The molecule has 0 heterocycles. The summed E-state index contributed by atoms with van der Waals surface area (Å²) < 4.78 is 19.7. The van der Waals surface area contributed by atoms with Crippen LogP contribution in [0, 0.1) is 0 Å². The predicted molar refractivity (Wildman–Crippen MR) is 89.7 cm³/mol. The zero-order valence-corrected chi connectivity index (χ0v) is 13.0. The second-order valence-electron chi connectivity index (χ2n) is 5.17. The van der Waals surface area contributed by atoms with Gasteiger partial charge in [0.1, 0.15) is 11.6 Å². The van der Waals surface area contributed by atoms with Crippen molar-refractivity contribution >= 4 is 22.7 Å². The lowest BCUT2D eigenvalue weighted by Crippen LogP contribution is -1.99. The van der Waals surface area contributed by atoms with Crippen LogP contribution in [0.5, 0.6) is 5.75 Å². The van der Waals surface area contributed by atoms with Crippen molar-refractivity contribution in [2.24, 2.45) is 0 Å². The largest absolute Gasteiger partial charge is 0.497 e. The van der Waals surface area contributed by atoms with Gasteiger partial charge >= 0.3 is 0 Å². The fourth-order valence-electron chi connectivity index (χ4n) is 2.68. The van der Waals surface area contributed by atoms with E-state index in [4.69, 9.17) is 16.3 Å². The molecule has 0 fully saturated rings. The number of allylic oxidation sites excluding steroid dienone is 4. The third-order valence-electron chi connectivity index (χ3n) is 3.79. The highest BCUT2D eigenvalue weighted by atomic mass is 35.5. The van der Waals surface area contributed by atoms with Crippen LogP contribution in [-0.2, 0) is 0 Å². The molecule has 0 aliphatic heterocycles. The van der Waals surface area contributed by atoms with Crippen LogP contribution in [0.1, 0.15) is 24.0 Å². The molecular weight excluding hydrogens is 299 g/mol. The van der Waals surface area contributed by atoms with Crippen molar-refractivity contribution in [3.05, 3.63) is 76.6 Å². The number of methoxy groups -OCH3 is 1. The minimum Gasteiger partial charge on any atom is -0.497 e. The zero-order chi connectivity index (χ0) is 15.5. The van der Waals surface area contributed by atoms with Crippen molar-refractivity contribution < 1.29 is 9.13 Å². The Morgan fingerprint density at radius 2 is 1.59 bits per heavy atom. The van der Waals surface area contributed by atoms with Crippen molar-refractivity contribution in [2.45, 2.75) is 12.8 Å². The molecule has 22 heavy (non-hydrogen) atoms. The molecule has 1 aliphatic carbocycles. The SMILES string of the molecule is COc1ccc(C2=C(F)CCC=C2c2ccc(Cl)cc2)cc1. The van der Waals surface area contributed by atoms with Gasteiger partial charge in [0, 0.05) is 17.0 Å². The molecule has 3 heteroatoms. The second kappa shape index (κ2) is 6.37. The lowest BCUT2D eigenvalue weighted by Gasteiger charge is -2.19. The Morgan fingerprint density at radius 1 is 0.955 bits per heavy atom. The maximum atomic E-state index is 14.5. The lowest BCUT2D eigenvalue weighted by molar-refractivity contribution is 0.415.